The highest BCUT2D eigenvalue weighted by Gasteiger charge is 2.37. The Labute approximate surface area is 115 Å². The van der Waals surface area contributed by atoms with Crippen LogP contribution in [-0.2, 0) is 6.42 Å². The molecule has 0 aromatic heterocycles. The molecule has 1 heterocycles. The average Bonchev–Trinajstić information content (AvgIpc) is 3.23. The lowest BCUT2D eigenvalue weighted by molar-refractivity contribution is 0.233. The van der Waals surface area contributed by atoms with Crippen LogP contribution in [0.3, 0.4) is 0 Å². The number of anilines is 1. The monoisotopic (exact) mass is 260 g/mol. The van der Waals surface area contributed by atoms with Crippen LogP contribution in [0.5, 0.6) is 0 Å². The molecule has 0 bridgehead atoms. The molecule has 1 aliphatic heterocycles. The van der Waals surface area contributed by atoms with Gasteiger partial charge in [0.15, 0.2) is 0 Å². The van der Waals surface area contributed by atoms with Crippen molar-refractivity contribution < 1.29 is 5.11 Å². The van der Waals surface area contributed by atoms with Gasteiger partial charge < -0.3 is 15.7 Å². The minimum Gasteiger partial charge on any atom is -0.394 e. The zero-order valence-electron chi connectivity index (χ0n) is 11.7. The van der Waals surface area contributed by atoms with Gasteiger partial charge in [-0.1, -0.05) is 17.7 Å². The van der Waals surface area contributed by atoms with E-state index in [1.165, 1.54) is 29.7 Å². The molecule has 3 nitrogen and oxygen atoms in total. The standard InChI is InChI=1S/C16H24N2O/c1-11-4-7-14-13(9-11)3-2-8-18(14)15(10-19)16(17)12-5-6-12/h4,7,9,12,15-16,19H,2-3,5-6,8,10,17H2,1H3. The Morgan fingerprint density at radius 3 is 2.89 bits per heavy atom. The molecule has 104 valence electrons. The maximum absolute atomic E-state index is 9.78. The van der Waals surface area contributed by atoms with E-state index >= 15 is 0 Å². The highest BCUT2D eigenvalue weighted by atomic mass is 16.3. The van der Waals surface area contributed by atoms with Crippen LogP contribution in [0.1, 0.15) is 30.4 Å². The molecule has 0 amide bonds. The molecule has 2 unspecified atom stereocenters. The lowest BCUT2D eigenvalue weighted by atomic mass is 9.95. The zero-order chi connectivity index (χ0) is 13.4. The summed E-state index contributed by atoms with van der Waals surface area (Å²) in [6.45, 7) is 3.31. The van der Waals surface area contributed by atoms with Gasteiger partial charge in [-0.05, 0) is 50.2 Å². The molecule has 3 rings (SSSR count). The molecule has 1 aliphatic carbocycles. The number of aliphatic hydroxyl groups is 1. The predicted octanol–water partition coefficient (Wildman–Crippen LogP) is 1.85. The largest absolute Gasteiger partial charge is 0.394 e. The SMILES string of the molecule is Cc1ccc2c(c1)CCCN2C(CO)C(N)C1CC1. The van der Waals surface area contributed by atoms with E-state index in [2.05, 4.69) is 30.0 Å². The summed E-state index contributed by atoms with van der Waals surface area (Å²) < 4.78 is 0. The van der Waals surface area contributed by atoms with E-state index in [1.54, 1.807) is 0 Å². The van der Waals surface area contributed by atoms with Crippen LogP contribution in [0.15, 0.2) is 18.2 Å². The van der Waals surface area contributed by atoms with Crippen LogP contribution >= 0.6 is 0 Å². The molecule has 1 aromatic rings. The molecule has 1 fully saturated rings. The van der Waals surface area contributed by atoms with Crippen molar-refractivity contribution in [3.8, 4) is 0 Å². The summed E-state index contributed by atoms with van der Waals surface area (Å²) in [6, 6.07) is 6.82. The lowest BCUT2D eigenvalue weighted by Gasteiger charge is -2.40. The van der Waals surface area contributed by atoms with Crippen LogP contribution in [0, 0.1) is 12.8 Å². The molecular weight excluding hydrogens is 236 g/mol. The summed E-state index contributed by atoms with van der Waals surface area (Å²) in [5.41, 5.74) is 10.4. The van der Waals surface area contributed by atoms with Crippen molar-refractivity contribution in [2.24, 2.45) is 11.7 Å². The number of benzene rings is 1. The second kappa shape index (κ2) is 5.14. The molecule has 3 N–H and O–H groups in total. The van der Waals surface area contributed by atoms with Crippen molar-refractivity contribution in [1.82, 2.24) is 0 Å². The van der Waals surface area contributed by atoms with Crippen LogP contribution in [0.2, 0.25) is 0 Å². The third kappa shape index (κ3) is 2.49. The quantitative estimate of drug-likeness (QED) is 0.868. The van der Waals surface area contributed by atoms with Crippen molar-refractivity contribution in [2.75, 3.05) is 18.1 Å². The molecule has 0 radical (unpaired) electrons. The number of aliphatic hydroxyl groups excluding tert-OH is 1. The number of hydrogen-bond acceptors (Lipinski definition) is 3. The first-order valence-corrected chi connectivity index (χ1v) is 7.43. The molecule has 19 heavy (non-hydrogen) atoms. The van der Waals surface area contributed by atoms with E-state index in [0.717, 1.165) is 19.4 Å². The van der Waals surface area contributed by atoms with Gasteiger partial charge >= 0.3 is 0 Å². The fourth-order valence-corrected chi connectivity index (χ4v) is 3.32. The Kier molecular flexibility index (Phi) is 3.50. The maximum atomic E-state index is 9.78. The summed E-state index contributed by atoms with van der Waals surface area (Å²) in [5.74, 6) is 0.618. The minimum atomic E-state index is 0.0780. The molecule has 1 aromatic carbocycles. The van der Waals surface area contributed by atoms with E-state index in [0.29, 0.717) is 5.92 Å². The lowest BCUT2D eigenvalue weighted by Crippen LogP contribution is -2.53. The van der Waals surface area contributed by atoms with Crippen LogP contribution in [0.25, 0.3) is 0 Å². The molecule has 3 heteroatoms. The summed E-state index contributed by atoms with van der Waals surface area (Å²) in [4.78, 5) is 2.35. The van der Waals surface area contributed by atoms with Gasteiger partial charge in [-0.2, -0.15) is 0 Å². The first-order chi connectivity index (χ1) is 9.20. The van der Waals surface area contributed by atoms with Gasteiger partial charge in [0, 0.05) is 18.3 Å². The van der Waals surface area contributed by atoms with Gasteiger partial charge in [0.2, 0.25) is 0 Å². The summed E-state index contributed by atoms with van der Waals surface area (Å²) >= 11 is 0. The Balaban J connectivity index is 1.88. The summed E-state index contributed by atoms with van der Waals surface area (Å²) in [5, 5.41) is 9.78. The highest BCUT2D eigenvalue weighted by Crippen LogP contribution is 2.37. The Bertz CT molecular complexity index is 456. The number of nitrogens with zero attached hydrogens (tertiary/aromatic N) is 1. The normalized spacial score (nSPS) is 21.9. The Morgan fingerprint density at radius 2 is 2.21 bits per heavy atom. The third-order valence-electron chi connectivity index (χ3n) is 4.59. The van der Waals surface area contributed by atoms with Crippen molar-refractivity contribution >= 4 is 5.69 Å². The topological polar surface area (TPSA) is 49.5 Å². The molecule has 0 spiro atoms. The summed E-state index contributed by atoms with van der Waals surface area (Å²) in [7, 11) is 0. The van der Waals surface area contributed by atoms with E-state index < -0.39 is 0 Å². The van der Waals surface area contributed by atoms with Crippen LogP contribution < -0.4 is 10.6 Å². The molecule has 2 aliphatic rings. The van der Waals surface area contributed by atoms with Crippen molar-refractivity contribution in [1.29, 1.82) is 0 Å². The fourth-order valence-electron chi connectivity index (χ4n) is 3.32. The Hall–Kier alpha value is -1.06. The minimum absolute atomic E-state index is 0.0780. The number of nitrogens with two attached hydrogens (primary N) is 1. The van der Waals surface area contributed by atoms with E-state index in [9.17, 15) is 5.11 Å². The second-order valence-corrected chi connectivity index (χ2v) is 6.09. The fraction of sp³-hybridized carbons (Fsp3) is 0.625. The van der Waals surface area contributed by atoms with Gasteiger partial charge in [0.05, 0.1) is 12.6 Å². The number of rotatable bonds is 4. The second-order valence-electron chi connectivity index (χ2n) is 6.09. The third-order valence-corrected chi connectivity index (χ3v) is 4.59. The Morgan fingerprint density at radius 1 is 1.42 bits per heavy atom. The van der Waals surface area contributed by atoms with Gasteiger partial charge in [-0.25, -0.2) is 0 Å². The van der Waals surface area contributed by atoms with E-state index in [4.69, 9.17) is 5.73 Å². The van der Waals surface area contributed by atoms with E-state index in [1.807, 2.05) is 0 Å². The van der Waals surface area contributed by atoms with Crippen LogP contribution in [-0.4, -0.2) is 30.3 Å². The predicted molar refractivity (Wildman–Crippen MR) is 78.4 cm³/mol. The smallest absolute Gasteiger partial charge is 0.0674 e. The zero-order valence-corrected chi connectivity index (χ0v) is 11.7. The average molecular weight is 260 g/mol. The van der Waals surface area contributed by atoms with Crippen molar-refractivity contribution in [2.45, 2.75) is 44.7 Å². The van der Waals surface area contributed by atoms with Gasteiger partial charge in [0.25, 0.3) is 0 Å². The molecule has 0 saturated heterocycles. The molecule has 2 atom stereocenters. The van der Waals surface area contributed by atoms with Gasteiger partial charge in [-0.15, -0.1) is 0 Å². The molecule has 1 saturated carbocycles. The number of fused-ring (bicyclic) bond motifs is 1. The molecular formula is C16H24N2O. The van der Waals surface area contributed by atoms with E-state index in [-0.39, 0.29) is 18.7 Å². The van der Waals surface area contributed by atoms with Crippen molar-refractivity contribution in [3.05, 3.63) is 29.3 Å². The first kappa shape index (κ1) is 12.9. The summed E-state index contributed by atoms with van der Waals surface area (Å²) in [6.07, 6.45) is 4.76. The van der Waals surface area contributed by atoms with Gasteiger partial charge in [-0.3, -0.25) is 0 Å². The maximum Gasteiger partial charge on any atom is 0.0674 e. The number of aryl methyl sites for hydroxylation is 2. The van der Waals surface area contributed by atoms with Gasteiger partial charge in [0.1, 0.15) is 0 Å². The van der Waals surface area contributed by atoms with Crippen LogP contribution in [0.4, 0.5) is 5.69 Å². The first-order valence-electron chi connectivity index (χ1n) is 7.43. The van der Waals surface area contributed by atoms with Crippen molar-refractivity contribution in [3.63, 3.8) is 0 Å². The number of hydrogen-bond donors (Lipinski definition) is 2. The highest BCUT2D eigenvalue weighted by molar-refractivity contribution is 5.57.